The number of aromatic amines is 2. The number of carbonyl (C=O) groups is 2. The minimum absolute atomic E-state index is 0.0993. The first kappa shape index (κ1) is 19.8. The number of hydrogen-bond acceptors (Lipinski definition) is 3. The molecule has 0 bridgehead atoms. The lowest BCUT2D eigenvalue weighted by Gasteiger charge is -2.18. The smallest absolute Gasteiger partial charge is 0.352 e. The van der Waals surface area contributed by atoms with Crippen molar-refractivity contribution in [2.45, 2.75) is 52.9 Å². The van der Waals surface area contributed by atoms with Crippen LogP contribution >= 0.6 is 0 Å². The van der Waals surface area contributed by atoms with Crippen molar-refractivity contribution in [2.75, 3.05) is 6.61 Å². The van der Waals surface area contributed by atoms with Gasteiger partial charge in [-0.2, -0.15) is 0 Å². The molecule has 142 valence electrons. The van der Waals surface area contributed by atoms with Gasteiger partial charge in [0.1, 0.15) is 11.4 Å². The van der Waals surface area contributed by atoms with Crippen molar-refractivity contribution >= 4 is 11.9 Å². The molecule has 0 fully saturated rings. The molecule has 0 aromatic carbocycles. The molecule has 7 nitrogen and oxygen atoms in total. The van der Waals surface area contributed by atoms with Gasteiger partial charge in [0.2, 0.25) is 0 Å². The number of aromatic nitrogens is 2. The molecule has 2 aromatic rings. The summed E-state index contributed by atoms with van der Waals surface area (Å²) in [6.07, 6.45) is 1.64. The zero-order valence-electron chi connectivity index (χ0n) is 15.6. The molecule has 2 rings (SSSR count). The Morgan fingerprint density at radius 1 is 0.885 bits per heavy atom. The fraction of sp³-hybridized carbons (Fsp3) is 0.474. The molecular formula is C19H26N2O5. The SMILES string of the molecule is CCc1c(C(CCO)c2[nH]c(C(=O)O)c(C)c2CC)[nH]c(C(=O)O)c1C. The van der Waals surface area contributed by atoms with Gasteiger partial charge in [-0.1, -0.05) is 13.8 Å². The Bertz CT molecular complexity index is 765. The van der Waals surface area contributed by atoms with Crippen molar-refractivity contribution in [3.63, 3.8) is 0 Å². The molecule has 7 heteroatoms. The molecule has 2 aromatic heterocycles. The van der Waals surface area contributed by atoms with Crippen LogP contribution in [0.25, 0.3) is 0 Å². The molecule has 0 spiro atoms. The second kappa shape index (κ2) is 7.78. The number of aliphatic hydroxyl groups is 1. The highest BCUT2D eigenvalue weighted by Gasteiger charge is 2.29. The van der Waals surface area contributed by atoms with E-state index in [1.807, 2.05) is 13.8 Å². The van der Waals surface area contributed by atoms with E-state index in [2.05, 4.69) is 9.97 Å². The van der Waals surface area contributed by atoms with Crippen molar-refractivity contribution in [3.05, 3.63) is 45.0 Å². The Hall–Kier alpha value is -2.54. The first-order valence-corrected chi connectivity index (χ1v) is 8.78. The number of carboxylic acids is 2. The Kier molecular flexibility index (Phi) is 5.92. The Morgan fingerprint density at radius 3 is 1.54 bits per heavy atom. The Morgan fingerprint density at radius 2 is 1.27 bits per heavy atom. The molecule has 26 heavy (non-hydrogen) atoms. The highest BCUT2D eigenvalue weighted by Crippen LogP contribution is 2.36. The van der Waals surface area contributed by atoms with Crippen molar-refractivity contribution in [1.82, 2.24) is 9.97 Å². The summed E-state index contributed by atoms with van der Waals surface area (Å²) in [6.45, 7) is 7.33. The van der Waals surface area contributed by atoms with Crippen LogP contribution in [0.4, 0.5) is 0 Å². The van der Waals surface area contributed by atoms with E-state index in [-0.39, 0.29) is 23.9 Å². The van der Waals surface area contributed by atoms with E-state index in [4.69, 9.17) is 0 Å². The lowest BCUT2D eigenvalue weighted by molar-refractivity contribution is 0.0679. The minimum Gasteiger partial charge on any atom is -0.477 e. The van der Waals surface area contributed by atoms with Crippen molar-refractivity contribution in [2.24, 2.45) is 0 Å². The van der Waals surface area contributed by atoms with E-state index in [9.17, 15) is 24.9 Å². The van der Waals surface area contributed by atoms with Crippen LogP contribution in [0.3, 0.4) is 0 Å². The van der Waals surface area contributed by atoms with Gasteiger partial charge in [-0.25, -0.2) is 9.59 Å². The summed E-state index contributed by atoms with van der Waals surface area (Å²) in [5.74, 6) is -2.39. The first-order valence-electron chi connectivity index (χ1n) is 8.78. The van der Waals surface area contributed by atoms with Crippen LogP contribution in [-0.4, -0.2) is 43.8 Å². The van der Waals surface area contributed by atoms with E-state index in [0.717, 1.165) is 22.5 Å². The average Bonchev–Trinajstić information content (AvgIpc) is 3.09. The molecule has 0 atom stereocenters. The lowest BCUT2D eigenvalue weighted by atomic mass is 9.89. The van der Waals surface area contributed by atoms with Gasteiger partial charge in [-0.05, 0) is 55.4 Å². The molecule has 0 saturated carbocycles. The van der Waals surface area contributed by atoms with Gasteiger partial charge in [0.15, 0.2) is 0 Å². The summed E-state index contributed by atoms with van der Waals surface area (Å²) in [6, 6.07) is 0. The maximum Gasteiger partial charge on any atom is 0.352 e. The first-order chi connectivity index (χ1) is 12.3. The van der Waals surface area contributed by atoms with Gasteiger partial charge in [0.25, 0.3) is 0 Å². The van der Waals surface area contributed by atoms with Gasteiger partial charge in [0, 0.05) is 23.9 Å². The maximum absolute atomic E-state index is 11.5. The van der Waals surface area contributed by atoms with E-state index in [1.165, 1.54) is 0 Å². The van der Waals surface area contributed by atoms with Crippen molar-refractivity contribution in [1.29, 1.82) is 0 Å². The zero-order chi connectivity index (χ0) is 19.6. The van der Waals surface area contributed by atoms with E-state index < -0.39 is 11.9 Å². The van der Waals surface area contributed by atoms with Crippen molar-refractivity contribution < 1.29 is 24.9 Å². The predicted molar refractivity (Wildman–Crippen MR) is 97.3 cm³/mol. The predicted octanol–water partition coefficient (Wildman–Crippen LogP) is 3.00. The molecule has 0 aliphatic carbocycles. The molecule has 0 aliphatic heterocycles. The summed E-state index contributed by atoms with van der Waals surface area (Å²) in [5.41, 5.74) is 4.88. The molecule has 5 N–H and O–H groups in total. The summed E-state index contributed by atoms with van der Waals surface area (Å²) in [7, 11) is 0. The molecule has 0 amide bonds. The lowest BCUT2D eigenvalue weighted by Crippen LogP contribution is -2.10. The molecule has 0 radical (unpaired) electrons. The molecule has 0 saturated heterocycles. The van der Waals surface area contributed by atoms with Gasteiger partial charge < -0.3 is 25.3 Å². The normalized spacial score (nSPS) is 11.3. The van der Waals surface area contributed by atoms with Crippen molar-refractivity contribution in [3.8, 4) is 0 Å². The summed E-state index contributed by atoms with van der Waals surface area (Å²) < 4.78 is 0. The third kappa shape index (κ3) is 3.26. The maximum atomic E-state index is 11.5. The second-order valence-corrected chi connectivity index (χ2v) is 6.42. The number of H-pyrrole nitrogens is 2. The van der Waals surface area contributed by atoms with E-state index in [1.54, 1.807) is 13.8 Å². The van der Waals surface area contributed by atoms with E-state index >= 15 is 0 Å². The van der Waals surface area contributed by atoms with Gasteiger partial charge in [0.05, 0.1) is 0 Å². The number of aliphatic hydroxyl groups excluding tert-OH is 1. The quantitative estimate of drug-likeness (QED) is 0.493. The molecule has 2 heterocycles. The van der Waals surface area contributed by atoms with Crippen LogP contribution < -0.4 is 0 Å². The van der Waals surface area contributed by atoms with Crippen LogP contribution in [0, 0.1) is 13.8 Å². The monoisotopic (exact) mass is 362 g/mol. The zero-order valence-corrected chi connectivity index (χ0v) is 15.6. The second-order valence-electron chi connectivity index (χ2n) is 6.42. The van der Waals surface area contributed by atoms with Gasteiger partial charge in [-0.3, -0.25) is 0 Å². The number of hydrogen-bond donors (Lipinski definition) is 5. The molecule has 0 unspecified atom stereocenters. The number of carboxylic acid groups (broad SMARTS) is 2. The largest absolute Gasteiger partial charge is 0.477 e. The van der Waals surface area contributed by atoms with Crippen LogP contribution in [-0.2, 0) is 12.8 Å². The Labute approximate surface area is 152 Å². The minimum atomic E-state index is -1.03. The number of aromatic carboxylic acids is 2. The van der Waals surface area contributed by atoms with Crippen LogP contribution in [0.1, 0.15) is 80.8 Å². The molecule has 0 aliphatic rings. The fourth-order valence-electron chi connectivity index (χ4n) is 3.81. The highest BCUT2D eigenvalue weighted by atomic mass is 16.4. The topological polar surface area (TPSA) is 126 Å². The standard InChI is InChI=1S/C19H26N2O5/c1-5-11-9(3)14(18(23)24)20-16(11)13(7-8-22)17-12(6-2)10(4)15(21-17)19(25)26/h13,20-22H,5-8H2,1-4H3,(H,23,24)(H,25,26). The Balaban J connectivity index is 2.72. The summed E-state index contributed by atoms with van der Waals surface area (Å²) in [4.78, 5) is 29.1. The van der Waals surface area contributed by atoms with Gasteiger partial charge in [-0.15, -0.1) is 0 Å². The number of nitrogens with one attached hydrogen (secondary N) is 2. The fourth-order valence-corrected chi connectivity index (χ4v) is 3.81. The van der Waals surface area contributed by atoms with E-state index in [0.29, 0.717) is 30.4 Å². The third-order valence-electron chi connectivity index (χ3n) is 5.07. The summed E-state index contributed by atoms with van der Waals surface area (Å²) >= 11 is 0. The third-order valence-corrected chi connectivity index (χ3v) is 5.07. The van der Waals surface area contributed by atoms with Gasteiger partial charge >= 0.3 is 11.9 Å². The molecular weight excluding hydrogens is 336 g/mol. The van der Waals surface area contributed by atoms with Crippen LogP contribution in [0.2, 0.25) is 0 Å². The average molecular weight is 362 g/mol. The van der Waals surface area contributed by atoms with Crippen LogP contribution in [0.5, 0.6) is 0 Å². The number of rotatable bonds is 8. The van der Waals surface area contributed by atoms with Crippen LogP contribution in [0.15, 0.2) is 0 Å². The highest BCUT2D eigenvalue weighted by molar-refractivity contribution is 5.89. The summed E-state index contributed by atoms with van der Waals surface area (Å²) in [5, 5.41) is 28.5.